The topological polar surface area (TPSA) is 74.0 Å². The quantitative estimate of drug-likeness (QED) is 0.491. The first-order valence-corrected chi connectivity index (χ1v) is 10.3. The monoisotopic (exact) mass is 374 g/mol. The van der Waals surface area contributed by atoms with Gasteiger partial charge in [-0.25, -0.2) is 18.0 Å². The molecule has 5 nitrogen and oxygen atoms in total. The van der Waals surface area contributed by atoms with E-state index in [1.165, 1.54) is 5.56 Å². The van der Waals surface area contributed by atoms with Gasteiger partial charge in [0.2, 0.25) is 0 Å². The van der Waals surface area contributed by atoms with Gasteiger partial charge < -0.3 is 4.55 Å². The van der Waals surface area contributed by atoms with E-state index >= 15 is 0 Å². The minimum atomic E-state index is -4.14. The van der Waals surface area contributed by atoms with Crippen LogP contribution in [-0.4, -0.2) is 23.7 Å². The van der Waals surface area contributed by atoms with Gasteiger partial charge in [0.05, 0.1) is 15.0 Å². The molecule has 3 aromatic rings. The molecule has 0 aliphatic carbocycles. The Kier molecular flexibility index (Phi) is 5.27. The Labute approximate surface area is 151 Å². The van der Waals surface area contributed by atoms with Gasteiger partial charge in [-0.3, -0.25) is 0 Å². The zero-order valence-electron chi connectivity index (χ0n) is 13.8. The predicted molar refractivity (Wildman–Crippen MR) is 97.1 cm³/mol. The minimum Gasteiger partial charge on any atom is -0.748 e. The molecule has 0 amide bonds. The predicted octanol–water partition coefficient (Wildman–Crippen LogP) is 3.01. The number of hydrogen-bond donors (Lipinski definition) is 0. The maximum atomic E-state index is 10.6. The van der Waals surface area contributed by atoms with E-state index in [1.54, 1.807) is 11.3 Å². The second-order valence-corrected chi connectivity index (χ2v) is 8.39. The summed E-state index contributed by atoms with van der Waals surface area (Å²) in [4.78, 5) is 5.62. The number of nitrogens with zero attached hydrogens (tertiary/aromatic N) is 2. The molecule has 0 saturated heterocycles. The van der Waals surface area contributed by atoms with E-state index in [9.17, 15) is 13.0 Å². The summed E-state index contributed by atoms with van der Waals surface area (Å²) >= 11 is 1.63. The molecule has 0 fully saturated rings. The van der Waals surface area contributed by atoms with Gasteiger partial charge in [-0.15, -0.1) is 11.3 Å². The molecular formula is C18H18N2O3S2. The molecule has 2 heterocycles. The lowest BCUT2D eigenvalue weighted by atomic mass is 10.1. The molecule has 0 spiro atoms. The maximum absolute atomic E-state index is 10.6. The molecule has 0 radical (unpaired) electrons. The molecule has 0 N–H and O–H groups in total. The highest BCUT2D eigenvalue weighted by molar-refractivity contribution is 7.85. The SMILES string of the molecule is Cc1ccc(-c2cnc(-c3cc[n+](CCCS(=O)(=O)[O-])cc3)s2)cc1. The highest BCUT2D eigenvalue weighted by Gasteiger charge is 2.09. The number of rotatable bonds is 6. The Balaban J connectivity index is 1.69. The number of aromatic nitrogens is 2. The van der Waals surface area contributed by atoms with E-state index in [0.29, 0.717) is 13.0 Å². The molecule has 2 aromatic heterocycles. The largest absolute Gasteiger partial charge is 0.748 e. The summed E-state index contributed by atoms with van der Waals surface area (Å²) in [6.07, 6.45) is 5.94. The first-order chi connectivity index (χ1) is 11.9. The van der Waals surface area contributed by atoms with Gasteiger partial charge in [0.1, 0.15) is 11.6 Å². The number of aryl methyl sites for hydroxylation is 2. The van der Waals surface area contributed by atoms with Crippen molar-refractivity contribution in [2.45, 2.75) is 19.9 Å². The van der Waals surface area contributed by atoms with E-state index in [1.807, 2.05) is 35.3 Å². The van der Waals surface area contributed by atoms with Gasteiger partial charge in [0, 0.05) is 36.1 Å². The molecule has 0 aliphatic heterocycles. The highest BCUT2D eigenvalue weighted by atomic mass is 32.2. The minimum absolute atomic E-state index is 0.310. The van der Waals surface area contributed by atoms with Crippen LogP contribution in [0.4, 0.5) is 0 Å². The standard InChI is InChI=1S/C18H18N2O3S2/c1-14-3-5-15(6-4-14)17-13-19-18(24-17)16-7-10-20(11-8-16)9-2-12-25(21,22)23/h3-8,10-11,13H,2,9,12H2,1H3. The fraction of sp³-hybridized carbons (Fsp3) is 0.222. The van der Waals surface area contributed by atoms with Crippen molar-refractivity contribution in [3.05, 3.63) is 60.6 Å². The molecule has 1 aromatic carbocycles. The van der Waals surface area contributed by atoms with Crippen LogP contribution in [0.15, 0.2) is 55.0 Å². The highest BCUT2D eigenvalue weighted by Crippen LogP contribution is 2.31. The van der Waals surface area contributed by atoms with Gasteiger partial charge in [0.25, 0.3) is 0 Å². The van der Waals surface area contributed by atoms with Crippen LogP contribution in [0.25, 0.3) is 21.0 Å². The molecule has 0 aliphatic rings. The van der Waals surface area contributed by atoms with E-state index in [4.69, 9.17) is 0 Å². The summed E-state index contributed by atoms with van der Waals surface area (Å²) in [6.45, 7) is 2.56. The summed E-state index contributed by atoms with van der Waals surface area (Å²) in [7, 11) is -4.14. The van der Waals surface area contributed by atoms with Gasteiger partial charge >= 0.3 is 0 Å². The summed E-state index contributed by atoms with van der Waals surface area (Å²) in [5.74, 6) is -0.339. The average molecular weight is 374 g/mol. The molecule has 130 valence electrons. The number of benzene rings is 1. The Hall–Kier alpha value is -2.09. The first-order valence-electron chi connectivity index (χ1n) is 7.87. The van der Waals surface area contributed by atoms with Gasteiger partial charge in [0.15, 0.2) is 12.4 Å². The van der Waals surface area contributed by atoms with E-state index in [0.717, 1.165) is 21.0 Å². The van der Waals surface area contributed by atoms with Crippen LogP contribution in [0.5, 0.6) is 0 Å². The first kappa shape index (κ1) is 17.7. The number of hydrogen-bond acceptors (Lipinski definition) is 5. The second-order valence-electron chi connectivity index (χ2n) is 5.84. The average Bonchev–Trinajstić information content (AvgIpc) is 3.05. The Morgan fingerprint density at radius 3 is 2.40 bits per heavy atom. The van der Waals surface area contributed by atoms with Crippen LogP contribution >= 0.6 is 11.3 Å². The fourth-order valence-electron chi connectivity index (χ4n) is 2.43. The smallest absolute Gasteiger partial charge is 0.169 e. The van der Waals surface area contributed by atoms with Crippen molar-refractivity contribution in [2.24, 2.45) is 0 Å². The van der Waals surface area contributed by atoms with E-state index in [2.05, 4.69) is 36.2 Å². The summed E-state index contributed by atoms with van der Waals surface area (Å²) < 4.78 is 33.7. The van der Waals surface area contributed by atoms with Crippen molar-refractivity contribution in [1.29, 1.82) is 0 Å². The van der Waals surface area contributed by atoms with Crippen molar-refractivity contribution in [3.8, 4) is 21.0 Å². The van der Waals surface area contributed by atoms with Crippen LogP contribution < -0.4 is 4.57 Å². The second kappa shape index (κ2) is 7.43. The molecule has 25 heavy (non-hydrogen) atoms. The molecular weight excluding hydrogens is 356 g/mol. The lowest BCUT2D eigenvalue weighted by Gasteiger charge is -2.04. The zero-order valence-corrected chi connectivity index (χ0v) is 15.4. The van der Waals surface area contributed by atoms with Crippen LogP contribution in [0, 0.1) is 6.92 Å². The summed E-state index contributed by atoms with van der Waals surface area (Å²) in [5.41, 5.74) is 3.39. The van der Waals surface area contributed by atoms with E-state index < -0.39 is 10.1 Å². The Morgan fingerprint density at radius 2 is 1.76 bits per heavy atom. The van der Waals surface area contributed by atoms with Crippen LogP contribution in [0.2, 0.25) is 0 Å². The third kappa shape index (κ3) is 4.94. The Bertz CT molecular complexity index is 947. The number of thiazole rings is 1. The fourth-order valence-corrected chi connectivity index (χ4v) is 3.84. The van der Waals surface area contributed by atoms with Crippen molar-refractivity contribution < 1.29 is 17.5 Å². The molecule has 0 unspecified atom stereocenters. The van der Waals surface area contributed by atoms with Crippen molar-refractivity contribution >= 4 is 21.5 Å². The van der Waals surface area contributed by atoms with Gasteiger partial charge in [-0.05, 0) is 12.5 Å². The van der Waals surface area contributed by atoms with Crippen LogP contribution in [0.3, 0.4) is 0 Å². The van der Waals surface area contributed by atoms with Crippen LogP contribution in [0.1, 0.15) is 12.0 Å². The van der Waals surface area contributed by atoms with Gasteiger partial charge in [-0.1, -0.05) is 29.8 Å². The van der Waals surface area contributed by atoms with Crippen molar-refractivity contribution in [3.63, 3.8) is 0 Å². The van der Waals surface area contributed by atoms with Crippen molar-refractivity contribution in [1.82, 2.24) is 4.98 Å². The summed E-state index contributed by atoms with van der Waals surface area (Å²) in [6, 6.07) is 12.3. The molecule has 0 saturated carbocycles. The zero-order chi connectivity index (χ0) is 17.9. The molecule has 3 rings (SSSR count). The van der Waals surface area contributed by atoms with Crippen molar-refractivity contribution in [2.75, 3.05) is 5.75 Å². The summed E-state index contributed by atoms with van der Waals surface area (Å²) in [5, 5.41) is 0.935. The molecule has 0 atom stereocenters. The molecule has 7 heteroatoms. The Morgan fingerprint density at radius 1 is 1.08 bits per heavy atom. The van der Waals surface area contributed by atoms with Gasteiger partial charge in [-0.2, -0.15) is 0 Å². The maximum Gasteiger partial charge on any atom is 0.169 e. The van der Waals surface area contributed by atoms with E-state index in [-0.39, 0.29) is 5.75 Å². The third-order valence-corrected chi connectivity index (χ3v) is 5.67. The van der Waals surface area contributed by atoms with Crippen LogP contribution in [-0.2, 0) is 16.7 Å². The normalized spacial score (nSPS) is 11.6. The lowest BCUT2D eigenvalue weighted by molar-refractivity contribution is -0.696. The number of pyridine rings is 1. The molecule has 0 bridgehead atoms. The lowest BCUT2D eigenvalue weighted by Crippen LogP contribution is -2.33. The third-order valence-electron chi connectivity index (χ3n) is 3.79.